The summed E-state index contributed by atoms with van der Waals surface area (Å²) in [4.78, 5) is 14.2. The molecule has 0 spiro atoms. The quantitative estimate of drug-likeness (QED) is 0.709. The Kier molecular flexibility index (Phi) is 4.46. The van der Waals surface area contributed by atoms with Crippen LogP contribution in [0.15, 0.2) is 0 Å². The molecule has 0 aromatic heterocycles. The standard InChI is InChI=1S/C13H20ClF2NO/c14-9-11-3-1-2-8-17(11)12(18)10-4-6-13(15,16)7-5-10/h10-11H,1-9H2. The van der Waals surface area contributed by atoms with Gasteiger partial charge in [0.1, 0.15) is 0 Å². The van der Waals surface area contributed by atoms with Crippen molar-refractivity contribution in [2.75, 3.05) is 12.4 Å². The number of amides is 1. The minimum atomic E-state index is -2.56. The molecule has 1 aliphatic carbocycles. The lowest BCUT2D eigenvalue weighted by atomic mass is 9.85. The Labute approximate surface area is 112 Å². The average molecular weight is 280 g/mol. The summed E-state index contributed by atoms with van der Waals surface area (Å²) in [7, 11) is 0. The lowest BCUT2D eigenvalue weighted by molar-refractivity contribution is -0.142. The summed E-state index contributed by atoms with van der Waals surface area (Å²) in [6.45, 7) is 0.739. The maximum absolute atomic E-state index is 13.1. The molecule has 104 valence electrons. The molecular weight excluding hydrogens is 260 g/mol. The summed E-state index contributed by atoms with van der Waals surface area (Å²) in [5, 5.41) is 0. The highest BCUT2D eigenvalue weighted by Gasteiger charge is 2.39. The van der Waals surface area contributed by atoms with Gasteiger partial charge in [0.15, 0.2) is 0 Å². The summed E-state index contributed by atoms with van der Waals surface area (Å²) >= 11 is 5.89. The van der Waals surface area contributed by atoms with E-state index in [0.717, 1.165) is 25.8 Å². The molecule has 2 nitrogen and oxygen atoms in total. The molecule has 2 fully saturated rings. The highest BCUT2D eigenvalue weighted by molar-refractivity contribution is 6.18. The summed E-state index contributed by atoms with van der Waals surface area (Å²) in [5.74, 6) is -2.27. The Hall–Kier alpha value is -0.380. The maximum Gasteiger partial charge on any atom is 0.248 e. The predicted octanol–water partition coefficient (Wildman–Crippen LogP) is 3.43. The normalized spacial score (nSPS) is 29.3. The van der Waals surface area contributed by atoms with Crippen LogP contribution in [0.4, 0.5) is 8.78 Å². The van der Waals surface area contributed by atoms with E-state index in [-0.39, 0.29) is 30.7 Å². The molecule has 0 aromatic carbocycles. The highest BCUT2D eigenvalue weighted by atomic mass is 35.5. The third kappa shape index (κ3) is 3.14. The number of halogens is 3. The van der Waals surface area contributed by atoms with E-state index in [2.05, 4.69) is 0 Å². The first kappa shape index (κ1) is 14.0. The zero-order valence-electron chi connectivity index (χ0n) is 10.5. The van der Waals surface area contributed by atoms with Crippen LogP contribution in [0.3, 0.4) is 0 Å². The zero-order chi connectivity index (χ0) is 13.2. The van der Waals surface area contributed by atoms with Gasteiger partial charge in [-0.15, -0.1) is 11.6 Å². The van der Waals surface area contributed by atoms with E-state index in [4.69, 9.17) is 11.6 Å². The minimum Gasteiger partial charge on any atom is -0.338 e. The average Bonchev–Trinajstić information content (AvgIpc) is 2.38. The van der Waals surface area contributed by atoms with Crippen molar-refractivity contribution < 1.29 is 13.6 Å². The van der Waals surface area contributed by atoms with E-state index in [1.807, 2.05) is 4.90 Å². The van der Waals surface area contributed by atoms with E-state index in [9.17, 15) is 13.6 Å². The summed E-state index contributed by atoms with van der Waals surface area (Å²) < 4.78 is 26.2. The van der Waals surface area contributed by atoms with E-state index < -0.39 is 5.92 Å². The second-order valence-electron chi connectivity index (χ2n) is 5.47. The molecule has 1 amide bonds. The zero-order valence-corrected chi connectivity index (χ0v) is 11.3. The molecule has 1 heterocycles. The van der Waals surface area contributed by atoms with E-state index in [1.54, 1.807) is 0 Å². The molecule has 1 aliphatic heterocycles. The number of piperidine rings is 1. The Balaban J connectivity index is 1.94. The molecule has 0 radical (unpaired) electrons. The number of hydrogen-bond acceptors (Lipinski definition) is 1. The number of likely N-dealkylation sites (tertiary alicyclic amines) is 1. The second-order valence-corrected chi connectivity index (χ2v) is 5.77. The molecule has 1 saturated carbocycles. The van der Waals surface area contributed by atoms with Crippen molar-refractivity contribution in [3.8, 4) is 0 Å². The topological polar surface area (TPSA) is 20.3 Å². The molecule has 2 rings (SSSR count). The van der Waals surface area contributed by atoms with Gasteiger partial charge in [0, 0.05) is 37.2 Å². The van der Waals surface area contributed by atoms with E-state index in [0.29, 0.717) is 18.7 Å². The van der Waals surface area contributed by atoms with Crippen LogP contribution < -0.4 is 0 Å². The number of alkyl halides is 3. The number of carbonyl (C=O) groups is 1. The van der Waals surface area contributed by atoms with Gasteiger partial charge in [-0.2, -0.15) is 0 Å². The molecule has 1 unspecified atom stereocenters. The van der Waals surface area contributed by atoms with Crippen molar-refractivity contribution in [1.29, 1.82) is 0 Å². The van der Waals surface area contributed by atoms with Gasteiger partial charge in [-0.05, 0) is 32.1 Å². The van der Waals surface area contributed by atoms with Crippen LogP contribution in [0.1, 0.15) is 44.9 Å². The molecule has 2 aliphatic rings. The van der Waals surface area contributed by atoms with Gasteiger partial charge in [-0.1, -0.05) is 0 Å². The van der Waals surface area contributed by atoms with E-state index >= 15 is 0 Å². The molecule has 1 atom stereocenters. The third-order valence-corrected chi connectivity index (χ3v) is 4.51. The lowest BCUT2D eigenvalue weighted by Crippen LogP contribution is -2.48. The SMILES string of the molecule is O=C(C1CCC(F)(F)CC1)N1CCCCC1CCl. The first-order valence-corrected chi connectivity index (χ1v) is 7.31. The van der Waals surface area contributed by atoms with Crippen molar-refractivity contribution in [2.24, 2.45) is 5.92 Å². The van der Waals surface area contributed by atoms with Crippen molar-refractivity contribution in [1.82, 2.24) is 4.90 Å². The summed E-state index contributed by atoms with van der Waals surface area (Å²) in [6, 6.07) is 0.107. The van der Waals surface area contributed by atoms with Crippen LogP contribution in [0, 0.1) is 5.92 Å². The fraction of sp³-hybridized carbons (Fsp3) is 0.923. The largest absolute Gasteiger partial charge is 0.338 e. The number of rotatable bonds is 2. The van der Waals surface area contributed by atoms with Crippen LogP contribution in [0.25, 0.3) is 0 Å². The van der Waals surface area contributed by atoms with Gasteiger partial charge in [0.2, 0.25) is 11.8 Å². The van der Waals surface area contributed by atoms with Crippen LogP contribution in [-0.2, 0) is 4.79 Å². The van der Waals surface area contributed by atoms with Crippen LogP contribution in [0.5, 0.6) is 0 Å². The Morgan fingerprint density at radius 3 is 2.50 bits per heavy atom. The smallest absolute Gasteiger partial charge is 0.248 e. The maximum atomic E-state index is 13.1. The van der Waals surface area contributed by atoms with Crippen molar-refractivity contribution >= 4 is 17.5 Å². The van der Waals surface area contributed by atoms with Gasteiger partial charge in [-0.25, -0.2) is 8.78 Å². The Morgan fingerprint density at radius 1 is 1.22 bits per heavy atom. The van der Waals surface area contributed by atoms with Crippen molar-refractivity contribution in [2.45, 2.75) is 56.9 Å². The fourth-order valence-electron chi connectivity index (χ4n) is 2.97. The van der Waals surface area contributed by atoms with Gasteiger partial charge in [0.25, 0.3) is 0 Å². The lowest BCUT2D eigenvalue weighted by Gasteiger charge is -2.38. The van der Waals surface area contributed by atoms with Crippen LogP contribution >= 0.6 is 11.6 Å². The predicted molar refractivity (Wildman–Crippen MR) is 67.0 cm³/mol. The molecule has 0 N–H and O–H groups in total. The number of nitrogens with zero attached hydrogens (tertiary/aromatic N) is 1. The first-order chi connectivity index (χ1) is 8.53. The summed E-state index contributed by atoms with van der Waals surface area (Å²) in [6.07, 6.45) is 3.38. The second kappa shape index (κ2) is 5.72. The molecule has 1 saturated heterocycles. The minimum absolute atomic E-state index is 0.0517. The van der Waals surface area contributed by atoms with Crippen molar-refractivity contribution in [3.05, 3.63) is 0 Å². The van der Waals surface area contributed by atoms with Gasteiger partial charge in [-0.3, -0.25) is 4.79 Å². The van der Waals surface area contributed by atoms with Gasteiger partial charge in [0.05, 0.1) is 0 Å². The molecule has 5 heteroatoms. The fourth-order valence-corrected chi connectivity index (χ4v) is 3.29. The molecule has 0 aromatic rings. The Morgan fingerprint density at radius 2 is 1.89 bits per heavy atom. The number of hydrogen-bond donors (Lipinski definition) is 0. The third-order valence-electron chi connectivity index (χ3n) is 4.15. The highest BCUT2D eigenvalue weighted by Crippen LogP contribution is 2.37. The molecule has 18 heavy (non-hydrogen) atoms. The van der Waals surface area contributed by atoms with Gasteiger partial charge < -0.3 is 4.90 Å². The van der Waals surface area contributed by atoms with E-state index in [1.165, 1.54) is 0 Å². The van der Waals surface area contributed by atoms with Crippen molar-refractivity contribution in [3.63, 3.8) is 0 Å². The van der Waals surface area contributed by atoms with Crippen LogP contribution in [-0.4, -0.2) is 35.2 Å². The van der Waals surface area contributed by atoms with Crippen LogP contribution in [0.2, 0.25) is 0 Å². The molecular formula is C13H20ClF2NO. The number of carbonyl (C=O) groups excluding carboxylic acids is 1. The van der Waals surface area contributed by atoms with Gasteiger partial charge >= 0.3 is 0 Å². The summed E-state index contributed by atoms with van der Waals surface area (Å²) in [5.41, 5.74) is 0. The monoisotopic (exact) mass is 279 g/mol. The first-order valence-electron chi connectivity index (χ1n) is 6.78. The molecule has 0 bridgehead atoms. The Bertz CT molecular complexity index is 301.